The van der Waals surface area contributed by atoms with Crippen LogP contribution in [0.1, 0.15) is 5.56 Å². The predicted molar refractivity (Wildman–Crippen MR) is 68.3 cm³/mol. The highest BCUT2D eigenvalue weighted by atomic mass is 32.2. The second kappa shape index (κ2) is 3.77. The van der Waals surface area contributed by atoms with E-state index in [0.29, 0.717) is 0 Å². The van der Waals surface area contributed by atoms with E-state index >= 15 is 0 Å². The first-order valence-corrected chi connectivity index (χ1v) is 7.35. The van der Waals surface area contributed by atoms with Crippen molar-refractivity contribution < 1.29 is 0 Å². The summed E-state index contributed by atoms with van der Waals surface area (Å²) in [6.07, 6.45) is 3.97. The molecule has 14 heavy (non-hydrogen) atoms. The van der Waals surface area contributed by atoms with Gasteiger partial charge < -0.3 is 5.32 Å². The third-order valence-electron chi connectivity index (χ3n) is 2.04. The lowest BCUT2D eigenvalue weighted by Gasteiger charge is -2.28. The molecule has 1 unspecified atom stereocenters. The van der Waals surface area contributed by atoms with Crippen LogP contribution in [-0.4, -0.2) is 17.7 Å². The zero-order valence-electron chi connectivity index (χ0n) is 7.90. The summed E-state index contributed by atoms with van der Waals surface area (Å²) in [5, 5.41) is 7.29. The molecule has 0 aliphatic carbocycles. The molecule has 0 fully saturated rings. The van der Waals surface area contributed by atoms with E-state index in [1.54, 1.807) is 34.9 Å². The van der Waals surface area contributed by atoms with Crippen molar-refractivity contribution in [2.45, 2.75) is 4.99 Å². The van der Waals surface area contributed by atoms with E-state index in [1.807, 2.05) is 24.0 Å². The zero-order valence-corrected chi connectivity index (χ0v) is 10.4. The molecule has 0 spiro atoms. The molecule has 1 aliphatic rings. The maximum Gasteiger partial charge on any atom is 0.187 e. The van der Waals surface area contributed by atoms with Gasteiger partial charge in [0.2, 0.25) is 0 Å². The molecular weight excluding hydrogens is 234 g/mol. The van der Waals surface area contributed by atoms with Crippen LogP contribution < -0.4 is 11.1 Å². The molecule has 1 aromatic heterocycles. The van der Waals surface area contributed by atoms with Crippen molar-refractivity contribution in [3.8, 4) is 0 Å². The van der Waals surface area contributed by atoms with Gasteiger partial charge >= 0.3 is 0 Å². The lowest BCUT2D eigenvalue weighted by atomic mass is 10.2. The van der Waals surface area contributed by atoms with Gasteiger partial charge in [0.1, 0.15) is 5.00 Å². The number of thioether (sulfide) groups is 2. The summed E-state index contributed by atoms with van der Waals surface area (Å²) in [7, 11) is 0. The maximum absolute atomic E-state index is 6.21. The van der Waals surface area contributed by atoms with Gasteiger partial charge in [-0.3, -0.25) is 5.73 Å². The largest absolute Gasteiger partial charge is 0.326 e. The average Bonchev–Trinajstić information content (AvgIpc) is 2.66. The van der Waals surface area contributed by atoms with Crippen LogP contribution in [0.15, 0.2) is 16.4 Å². The van der Waals surface area contributed by atoms with Crippen molar-refractivity contribution in [1.29, 1.82) is 0 Å². The maximum atomic E-state index is 6.21. The molecule has 0 aromatic carbocycles. The normalized spacial score (nSPS) is 25.2. The summed E-state index contributed by atoms with van der Waals surface area (Å²) >= 11 is 4.80. The smallest absolute Gasteiger partial charge is 0.187 e. The van der Waals surface area contributed by atoms with E-state index in [2.05, 4.69) is 10.3 Å². The van der Waals surface area contributed by atoms with Crippen molar-refractivity contribution in [2.75, 3.05) is 17.8 Å². The standard InChI is InChI=1S/C8H11N3S3/c1-12-7-10-6-5(3-4-14-6)8(9,11-7)13-2/h3-4H,9H2,1-2H3,(H,10,11). The lowest BCUT2D eigenvalue weighted by Crippen LogP contribution is -2.36. The van der Waals surface area contributed by atoms with Crippen molar-refractivity contribution in [2.24, 2.45) is 10.7 Å². The quantitative estimate of drug-likeness (QED) is 0.746. The molecule has 6 heteroatoms. The minimum absolute atomic E-state index is 0.612. The Hall–Kier alpha value is -0.170. The number of nitrogens with two attached hydrogens (primary N) is 1. The van der Waals surface area contributed by atoms with Crippen LogP contribution in [0.25, 0.3) is 0 Å². The third-order valence-corrected chi connectivity index (χ3v) is 4.39. The number of fused-ring (bicyclic) bond motifs is 1. The highest BCUT2D eigenvalue weighted by Gasteiger charge is 2.33. The summed E-state index contributed by atoms with van der Waals surface area (Å²) < 4.78 is 0. The SMILES string of the molecule is CSC1=NC(N)(SC)c2ccsc2N1. The van der Waals surface area contributed by atoms with Crippen molar-refractivity contribution >= 4 is 45.0 Å². The van der Waals surface area contributed by atoms with Gasteiger partial charge in [-0.05, 0) is 24.0 Å². The second-order valence-electron chi connectivity index (χ2n) is 2.81. The predicted octanol–water partition coefficient (Wildman–Crippen LogP) is 2.32. The summed E-state index contributed by atoms with van der Waals surface area (Å²) in [6, 6.07) is 2.03. The Morgan fingerprint density at radius 1 is 1.57 bits per heavy atom. The monoisotopic (exact) mass is 245 g/mol. The van der Waals surface area contributed by atoms with Gasteiger partial charge in [0.05, 0.1) is 0 Å². The molecule has 2 rings (SSSR count). The van der Waals surface area contributed by atoms with Crippen LogP contribution in [0, 0.1) is 0 Å². The van der Waals surface area contributed by atoms with Crippen LogP contribution in [-0.2, 0) is 4.99 Å². The van der Waals surface area contributed by atoms with Crippen LogP contribution >= 0.6 is 34.9 Å². The number of amidine groups is 1. The van der Waals surface area contributed by atoms with Crippen molar-refractivity contribution in [1.82, 2.24) is 0 Å². The molecule has 3 N–H and O–H groups in total. The van der Waals surface area contributed by atoms with Gasteiger partial charge in [-0.2, -0.15) is 0 Å². The molecule has 1 aromatic rings. The number of nitrogens with one attached hydrogen (secondary N) is 1. The molecule has 76 valence electrons. The minimum Gasteiger partial charge on any atom is -0.326 e. The van der Waals surface area contributed by atoms with Gasteiger partial charge in [-0.25, -0.2) is 4.99 Å². The summed E-state index contributed by atoms with van der Waals surface area (Å²) in [4.78, 5) is 3.87. The summed E-state index contributed by atoms with van der Waals surface area (Å²) in [5.74, 6) is 0. The topological polar surface area (TPSA) is 50.4 Å². The third kappa shape index (κ3) is 1.56. The van der Waals surface area contributed by atoms with Crippen LogP contribution in [0.4, 0.5) is 5.00 Å². The Balaban J connectivity index is 2.47. The number of nitrogens with zero attached hydrogens (tertiary/aromatic N) is 1. The molecule has 1 atom stereocenters. The molecule has 0 amide bonds. The Bertz CT molecular complexity index is 374. The van der Waals surface area contributed by atoms with Gasteiger partial charge in [0.25, 0.3) is 0 Å². The second-order valence-corrected chi connectivity index (χ2v) is 5.55. The minimum atomic E-state index is -0.612. The van der Waals surface area contributed by atoms with E-state index in [1.165, 1.54) is 0 Å². The Labute approximate surface area is 95.6 Å². The van der Waals surface area contributed by atoms with Crippen LogP contribution in [0.5, 0.6) is 0 Å². The molecule has 0 saturated carbocycles. The van der Waals surface area contributed by atoms with Gasteiger partial charge in [0.15, 0.2) is 10.2 Å². The van der Waals surface area contributed by atoms with E-state index in [0.717, 1.165) is 15.7 Å². The highest BCUT2D eigenvalue weighted by Crippen LogP contribution is 2.42. The number of aliphatic imine (C=N–C) groups is 1. The Morgan fingerprint density at radius 2 is 2.36 bits per heavy atom. The Morgan fingerprint density at radius 3 is 3.00 bits per heavy atom. The fraction of sp³-hybridized carbons (Fsp3) is 0.375. The van der Waals surface area contributed by atoms with Crippen molar-refractivity contribution in [3.63, 3.8) is 0 Å². The lowest BCUT2D eigenvalue weighted by molar-refractivity contribution is 0.702. The fourth-order valence-corrected chi connectivity index (χ4v) is 3.32. The number of hydrogen-bond donors (Lipinski definition) is 2. The molecule has 2 heterocycles. The molecule has 0 saturated heterocycles. The van der Waals surface area contributed by atoms with E-state index in [-0.39, 0.29) is 0 Å². The van der Waals surface area contributed by atoms with E-state index in [4.69, 9.17) is 5.73 Å². The van der Waals surface area contributed by atoms with Gasteiger partial charge in [-0.15, -0.1) is 23.1 Å². The van der Waals surface area contributed by atoms with E-state index < -0.39 is 4.99 Å². The Kier molecular flexibility index (Phi) is 2.79. The van der Waals surface area contributed by atoms with Crippen LogP contribution in [0.2, 0.25) is 0 Å². The molecule has 3 nitrogen and oxygen atoms in total. The number of rotatable bonds is 1. The van der Waals surface area contributed by atoms with Gasteiger partial charge in [-0.1, -0.05) is 11.8 Å². The first kappa shape index (κ1) is 10.4. The highest BCUT2D eigenvalue weighted by molar-refractivity contribution is 8.13. The molecule has 1 aliphatic heterocycles. The summed E-state index contributed by atoms with van der Waals surface area (Å²) in [5.41, 5.74) is 7.29. The fourth-order valence-electron chi connectivity index (χ4n) is 1.28. The number of hydrogen-bond acceptors (Lipinski definition) is 6. The summed E-state index contributed by atoms with van der Waals surface area (Å²) in [6.45, 7) is 0. The number of anilines is 1. The van der Waals surface area contributed by atoms with Gasteiger partial charge in [0, 0.05) is 5.56 Å². The number of thiophene rings is 1. The zero-order chi connectivity index (χ0) is 10.2. The van der Waals surface area contributed by atoms with Crippen LogP contribution in [0.3, 0.4) is 0 Å². The van der Waals surface area contributed by atoms with E-state index in [9.17, 15) is 0 Å². The molecular formula is C8H11N3S3. The first-order chi connectivity index (χ1) is 6.69. The first-order valence-electron chi connectivity index (χ1n) is 4.02. The van der Waals surface area contributed by atoms with Crippen molar-refractivity contribution in [3.05, 3.63) is 17.0 Å². The average molecular weight is 245 g/mol. The molecule has 0 radical (unpaired) electrons. The molecule has 0 bridgehead atoms.